The number of azide groups is 1. The van der Waals surface area contributed by atoms with Gasteiger partial charge < -0.3 is 19.5 Å². The molecule has 3 aromatic heterocycles. The summed E-state index contributed by atoms with van der Waals surface area (Å²) in [6.45, 7) is 14.7. The Morgan fingerprint density at radius 3 is 2.49 bits per heavy atom. The average molecular weight is 844 g/mol. The summed E-state index contributed by atoms with van der Waals surface area (Å²) < 4.78 is 15.7. The zero-order valence-electron chi connectivity index (χ0n) is 35.7. The second-order valence-corrected chi connectivity index (χ2v) is 20.8. The zero-order chi connectivity index (χ0) is 43.0. The number of amides is 1. The van der Waals surface area contributed by atoms with Crippen LogP contribution in [0.25, 0.3) is 31.8 Å². The molecule has 4 bridgehead atoms. The lowest BCUT2D eigenvalue weighted by Crippen LogP contribution is -2.64. The first kappa shape index (κ1) is 40.9. The quantitative estimate of drug-likeness (QED) is 0.0430. The Bertz CT molecular complexity index is 2570. The van der Waals surface area contributed by atoms with Gasteiger partial charge in [-0.1, -0.05) is 42.4 Å². The topological polar surface area (TPSA) is 180 Å². The minimum Gasteiger partial charge on any atom is -0.508 e. The highest BCUT2D eigenvalue weighted by molar-refractivity contribution is 7.22. The number of nitrogens with one attached hydrogen (secondary N) is 1. The summed E-state index contributed by atoms with van der Waals surface area (Å²) in [5, 5.41) is 23.1. The number of esters is 1. The summed E-state index contributed by atoms with van der Waals surface area (Å²) >= 11 is 1.41. The van der Waals surface area contributed by atoms with Crippen LogP contribution in [-0.2, 0) is 29.0 Å². The largest absolute Gasteiger partial charge is 0.508 e. The van der Waals surface area contributed by atoms with Crippen molar-refractivity contribution in [3.05, 3.63) is 93.2 Å². The SMILES string of the molecule is Cc1c(-c2ccc(N3CCc4c(O)ccc(C(=O)Nc5nc6ccccc6s5)c4C3)nc2C(=O)OC(C)(C)C)cnn1CC12CC3(C)CC(C)(C1)CC(OCCN=[N+]=[N-])(C3)C2. The number of phenolic OH excluding ortho intramolecular Hbond substituents is 1. The number of para-hydroxylation sites is 1. The first-order chi connectivity index (χ1) is 29.0. The first-order valence-corrected chi connectivity index (χ1v) is 22.0. The summed E-state index contributed by atoms with van der Waals surface area (Å²) in [5.74, 6) is -0.153. The summed E-state index contributed by atoms with van der Waals surface area (Å²) in [7, 11) is 0. The van der Waals surface area contributed by atoms with E-state index in [0.29, 0.717) is 65.9 Å². The van der Waals surface area contributed by atoms with Crippen LogP contribution in [0.1, 0.15) is 111 Å². The number of carbonyl (C=O) groups is 2. The van der Waals surface area contributed by atoms with Gasteiger partial charge in [-0.05, 0) is 136 Å². The van der Waals surface area contributed by atoms with E-state index in [-0.39, 0.29) is 39.2 Å². The lowest BCUT2D eigenvalue weighted by atomic mass is 9.39. The Morgan fingerprint density at radius 2 is 1.75 bits per heavy atom. The number of aromatic hydroxyl groups is 1. The van der Waals surface area contributed by atoms with E-state index < -0.39 is 11.6 Å². The third-order valence-electron chi connectivity index (χ3n) is 13.1. The smallest absolute Gasteiger partial charge is 0.358 e. The fourth-order valence-corrected chi connectivity index (χ4v) is 13.0. The molecule has 2 atom stereocenters. The van der Waals surface area contributed by atoms with Crippen molar-refractivity contribution in [3.8, 4) is 16.9 Å². The Hall–Kier alpha value is -5.50. The molecule has 4 heterocycles. The van der Waals surface area contributed by atoms with Gasteiger partial charge in [-0.15, -0.1) is 0 Å². The van der Waals surface area contributed by atoms with Crippen LogP contribution < -0.4 is 10.2 Å². The number of nitrogens with zero attached hydrogens (tertiary/aromatic N) is 8. The molecule has 1 amide bonds. The fraction of sp³-hybridized carbons (Fsp3) is 0.500. The first-order valence-electron chi connectivity index (χ1n) is 21.1. The van der Waals surface area contributed by atoms with E-state index in [9.17, 15) is 14.7 Å². The molecule has 4 fully saturated rings. The number of pyridine rings is 1. The molecular weight excluding hydrogens is 791 g/mol. The molecule has 10 rings (SSSR count). The third-order valence-corrected chi connectivity index (χ3v) is 14.1. The van der Waals surface area contributed by atoms with Crippen LogP contribution in [0.15, 0.2) is 59.8 Å². The molecular formula is C46H53N9O5S. The standard InChI is InChI=1S/C46H53N9O5S/c1-28-32(19-49-55(28)27-45-22-43(5)21-44(6,23-45)25-46(24-43,26-45)59-18-16-48-53-47)30-12-14-37(51-38(30)40(58)60-42(2,3)4)54-17-15-29-33(20-54)31(11-13-35(29)56)39(57)52-41-50-34-9-7-8-10-36(34)61-41/h7-14,19,56H,15-18,20-27H2,1-6H3,(H,50,52,57). The predicted molar refractivity (Wildman–Crippen MR) is 235 cm³/mol. The second kappa shape index (κ2) is 14.8. The number of rotatable bonds is 11. The minimum absolute atomic E-state index is 0.0238. The van der Waals surface area contributed by atoms with E-state index in [1.54, 1.807) is 12.1 Å². The van der Waals surface area contributed by atoms with Gasteiger partial charge in [0.15, 0.2) is 10.8 Å². The van der Waals surface area contributed by atoms with Gasteiger partial charge in [0.2, 0.25) is 0 Å². The maximum Gasteiger partial charge on any atom is 0.358 e. The van der Waals surface area contributed by atoms with E-state index in [1.165, 1.54) is 17.8 Å². The highest BCUT2D eigenvalue weighted by Crippen LogP contribution is 2.72. The van der Waals surface area contributed by atoms with Crippen LogP contribution in [0.3, 0.4) is 0 Å². The van der Waals surface area contributed by atoms with Crippen molar-refractivity contribution >= 4 is 44.4 Å². The molecule has 1 aliphatic heterocycles. The Morgan fingerprint density at radius 1 is 0.984 bits per heavy atom. The maximum atomic E-state index is 14.1. The molecule has 61 heavy (non-hydrogen) atoms. The van der Waals surface area contributed by atoms with Crippen LogP contribution in [-0.4, -0.2) is 67.6 Å². The van der Waals surface area contributed by atoms with Gasteiger partial charge in [0.1, 0.15) is 17.2 Å². The molecule has 0 saturated heterocycles. The Labute approximate surface area is 359 Å². The monoisotopic (exact) mass is 843 g/mol. The van der Waals surface area contributed by atoms with Gasteiger partial charge in [0, 0.05) is 59.0 Å². The summed E-state index contributed by atoms with van der Waals surface area (Å²) in [6.07, 6.45) is 8.62. The maximum absolute atomic E-state index is 14.1. The summed E-state index contributed by atoms with van der Waals surface area (Å²) in [6, 6.07) is 14.8. The number of fused-ring (bicyclic) bond motifs is 2. The second-order valence-electron chi connectivity index (χ2n) is 19.7. The van der Waals surface area contributed by atoms with E-state index in [0.717, 1.165) is 60.1 Å². The molecule has 15 heteroatoms. The van der Waals surface area contributed by atoms with Crippen molar-refractivity contribution in [2.24, 2.45) is 21.4 Å². The minimum atomic E-state index is -0.762. The van der Waals surface area contributed by atoms with Crippen LogP contribution in [0, 0.1) is 23.2 Å². The van der Waals surface area contributed by atoms with Crippen molar-refractivity contribution in [2.75, 3.05) is 29.9 Å². The van der Waals surface area contributed by atoms with E-state index in [2.05, 4.69) is 45.8 Å². The predicted octanol–water partition coefficient (Wildman–Crippen LogP) is 9.79. The van der Waals surface area contributed by atoms with Crippen molar-refractivity contribution in [1.82, 2.24) is 19.7 Å². The molecule has 4 saturated carbocycles. The number of phenols is 1. The van der Waals surface area contributed by atoms with Crippen molar-refractivity contribution in [1.29, 1.82) is 0 Å². The molecule has 0 spiro atoms. The van der Waals surface area contributed by atoms with E-state index in [1.807, 2.05) is 68.3 Å². The number of hydrogen-bond acceptors (Lipinski definition) is 11. The van der Waals surface area contributed by atoms with Crippen LogP contribution in [0.5, 0.6) is 5.75 Å². The number of aromatic nitrogens is 4. The van der Waals surface area contributed by atoms with Gasteiger partial charge in [0.25, 0.3) is 5.91 Å². The normalized spacial score (nSPS) is 25.3. The lowest BCUT2D eigenvalue weighted by Gasteiger charge is -2.69. The van der Waals surface area contributed by atoms with Gasteiger partial charge in [-0.25, -0.2) is 14.8 Å². The average Bonchev–Trinajstić information content (AvgIpc) is 3.75. The number of benzene rings is 2. The lowest BCUT2D eigenvalue weighted by molar-refractivity contribution is -0.247. The summed E-state index contributed by atoms with van der Waals surface area (Å²) in [5.41, 5.74) is 13.3. The van der Waals surface area contributed by atoms with Crippen molar-refractivity contribution < 1.29 is 24.2 Å². The molecule has 2 N–H and O–H groups in total. The van der Waals surface area contributed by atoms with Crippen molar-refractivity contribution in [3.63, 3.8) is 0 Å². The van der Waals surface area contributed by atoms with E-state index >= 15 is 0 Å². The van der Waals surface area contributed by atoms with E-state index in [4.69, 9.17) is 25.1 Å². The molecule has 14 nitrogen and oxygen atoms in total. The number of ether oxygens (including phenoxy) is 2. The molecule has 318 valence electrons. The molecule has 4 aliphatic carbocycles. The highest BCUT2D eigenvalue weighted by Gasteiger charge is 2.66. The number of thiazole rings is 1. The summed E-state index contributed by atoms with van der Waals surface area (Å²) in [4.78, 5) is 42.5. The fourth-order valence-electron chi connectivity index (χ4n) is 12.2. The molecule has 0 radical (unpaired) electrons. The number of hydrogen-bond donors (Lipinski definition) is 2. The van der Waals surface area contributed by atoms with Crippen LogP contribution in [0.2, 0.25) is 0 Å². The third kappa shape index (κ3) is 7.83. The number of anilines is 2. The zero-order valence-corrected chi connectivity index (χ0v) is 36.6. The number of carbonyl (C=O) groups excluding carboxylic acids is 2. The van der Waals surface area contributed by atoms with Gasteiger partial charge in [-0.2, -0.15) is 5.10 Å². The molecule has 5 aliphatic rings. The highest BCUT2D eigenvalue weighted by atomic mass is 32.1. The molecule has 2 aromatic carbocycles. The van der Waals surface area contributed by atoms with Crippen molar-refractivity contribution in [2.45, 2.75) is 111 Å². The van der Waals surface area contributed by atoms with Crippen LogP contribution >= 0.6 is 11.3 Å². The Balaban J connectivity index is 1.01. The molecule has 5 aromatic rings. The van der Waals surface area contributed by atoms with Crippen LogP contribution in [0.4, 0.5) is 10.9 Å². The van der Waals surface area contributed by atoms with Gasteiger partial charge in [-0.3, -0.25) is 14.8 Å². The van der Waals surface area contributed by atoms with Gasteiger partial charge in [0.05, 0.1) is 28.6 Å². The Kier molecular flexibility index (Phi) is 9.95. The van der Waals surface area contributed by atoms with Gasteiger partial charge >= 0.3 is 5.97 Å². The molecule has 2 unspecified atom stereocenters.